The summed E-state index contributed by atoms with van der Waals surface area (Å²) in [5.41, 5.74) is 1.37. The Morgan fingerprint density at radius 3 is 2.30 bits per heavy atom. The first kappa shape index (κ1) is 14.6. The van der Waals surface area contributed by atoms with Crippen molar-refractivity contribution in [1.82, 2.24) is 15.1 Å². The van der Waals surface area contributed by atoms with Crippen molar-refractivity contribution >= 4 is 0 Å². The molecule has 3 nitrogen and oxygen atoms in total. The van der Waals surface area contributed by atoms with Gasteiger partial charge in [0.25, 0.3) is 0 Å². The maximum Gasteiger partial charge on any atom is 0.0202 e. The van der Waals surface area contributed by atoms with Crippen LogP contribution in [0, 0.1) is 5.92 Å². The highest BCUT2D eigenvalue weighted by molar-refractivity contribution is 5.02. The average molecular weight is 277 g/mol. The Balaban J connectivity index is 1.29. The molecule has 0 unspecified atom stereocenters. The third-order valence-electron chi connectivity index (χ3n) is 5.09. The molecule has 3 aliphatic rings. The number of hydrogen-bond acceptors (Lipinski definition) is 3. The summed E-state index contributed by atoms with van der Waals surface area (Å²) in [7, 11) is 0. The minimum absolute atomic E-state index is 0.804. The van der Waals surface area contributed by atoms with E-state index < -0.39 is 0 Å². The van der Waals surface area contributed by atoms with Crippen molar-refractivity contribution in [2.45, 2.75) is 44.6 Å². The van der Waals surface area contributed by atoms with Gasteiger partial charge in [-0.2, -0.15) is 0 Å². The van der Waals surface area contributed by atoms with Crippen molar-refractivity contribution in [3.63, 3.8) is 0 Å². The highest BCUT2D eigenvalue weighted by Gasteiger charge is 2.23. The molecule has 0 spiro atoms. The van der Waals surface area contributed by atoms with Crippen LogP contribution in [0.3, 0.4) is 0 Å². The van der Waals surface area contributed by atoms with E-state index in [1.165, 1.54) is 76.8 Å². The Hall–Kier alpha value is -0.380. The van der Waals surface area contributed by atoms with Crippen LogP contribution in [0.4, 0.5) is 0 Å². The lowest BCUT2D eigenvalue weighted by molar-refractivity contribution is 0.162. The maximum absolute atomic E-state index is 4.24. The lowest BCUT2D eigenvalue weighted by Crippen LogP contribution is -2.39. The van der Waals surface area contributed by atoms with Gasteiger partial charge in [-0.05, 0) is 76.2 Å². The summed E-state index contributed by atoms with van der Waals surface area (Å²) >= 11 is 0. The molecular weight excluding hydrogens is 246 g/mol. The highest BCUT2D eigenvalue weighted by Crippen LogP contribution is 2.21. The number of piperidine rings is 1. The van der Waals surface area contributed by atoms with Crippen LogP contribution < -0.4 is 5.32 Å². The SMILES string of the molecule is C=C(CNC1CC1)CN1CCC(CN2CCCC2)CC1. The second kappa shape index (κ2) is 7.06. The van der Waals surface area contributed by atoms with E-state index in [9.17, 15) is 0 Å². The molecule has 3 rings (SSSR count). The molecule has 0 bridgehead atoms. The number of likely N-dealkylation sites (tertiary alicyclic amines) is 2. The monoisotopic (exact) mass is 277 g/mol. The summed E-state index contributed by atoms with van der Waals surface area (Å²) < 4.78 is 0. The van der Waals surface area contributed by atoms with Crippen LogP contribution in [0.25, 0.3) is 0 Å². The number of rotatable bonds is 7. The quantitative estimate of drug-likeness (QED) is 0.719. The third-order valence-corrected chi connectivity index (χ3v) is 5.09. The maximum atomic E-state index is 4.24. The fourth-order valence-electron chi connectivity index (χ4n) is 3.61. The molecule has 1 N–H and O–H groups in total. The smallest absolute Gasteiger partial charge is 0.0202 e. The zero-order valence-corrected chi connectivity index (χ0v) is 12.9. The lowest BCUT2D eigenvalue weighted by atomic mass is 9.96. The van der Waals surface area contributed by atoms with Gasteiger partial charge in [-0.1, -0.05) is 6.58 Å². The van der Waals surface area contributed by atoms with Gasteiger partial charge in [0, 0.05) is 25.7 Å². The van der Waals surface area contributed by atoms with Crippen molar-refractivity contribution in [2.75, 3.05) is 45.8 Å². The van der Waals surface area contributed by atoms with Crippen molar-refractivity contribution in [3.05, 3.63) is 12.2 Å². The van der Waals surface area contributed by atoms with Crippen molar-refractivity contribution < 1.29 is 0 Å². The zero-order valence-electron chi connectivity index (χ0n) is 12.9. The molecule has 3 heteroatoms. The Labute approximate surface area is 124 Å². The Morgan fingerprint density at radius 1 is 0.950 bits per heavy atom. The second-order valence-electron chi connectivity index (χ2n) is 7.13. The number of nitrogens with one attached hydrogen (secondary N) is 1. The second-order valence-corrected chi connectivity index (χ2v) is 7.13. The van der Waals surface area contributed by atoms with E-state index >= 15 is 0 Å². The summed E-state index contributed by atoms with van der Waals surface area (Å²) in [5.74, 6) is 0.946. The fourth-order valence-corrected chi connectivity index (χ4v) is 3.61. The minimum atomic E-state index is 0.804. The first-order valence-electron chi connectivity index (χ1n) is 8.64. The lowest BCUT2D eigenvalue weighted by Gasteiger charge is -2.34. The molecule has 0 amide bonds. The molecule has 2 aliphatic heterocycles. The summed E-state index contributed by atoms with van der Waals surface area (Å²) in [5, 5.41) is 3.57. The van der Waals surface area contributed by atoms with Gasteiger partial charge in [0.2, 0.25) is 0 Å². The highest BCUT2D eigenvalue weighted by atomic mass is 15.2. The largest absolute Gasteiger partial charge is 0.310 e. The van der Waals surface area contributed by atoms with Crippen LogP contribution in [0.5, 0.6) is 0 Å². The molecule has 1 saturated carbocycles. The average Bonchev–Trinajstić information content (AvgIpc) is 3.15. The van der Waals surface area contributed by atoms with E-state index in [0.29, 0.717) is 0 Å². The summed E-state index contributed by atoms with van der Waals surface area (Å²) in [6.07, 6.45) is 8.36. The summed E-state index contributed by atoms with van der Waals surface area (Å²) in [6.45, 7) is 13.0. The van der Waals surface area contributed by atoms with Gasteiger partial charge in [-0.15, -0.1) is 0 Å². The van der Waals surface area contributed by atoms with Crippen LogP contribution >= 0.6 is 0 Å². The van der Waals surface area contributed by atoms with E-state index in [-0.39, 0.29) is 0 Å². The molecule has 1 aliphatic carbocycles. The van der Waals surface area contributed by atoms with Gasteiger partial charge in [-0.25, -0.2) is 0 Å². The first-order chi connectivity index (χ1) is 9.79. The Morgan fingerprint density at radius 2 is 1.65 bits per heavy atom. The van der Waals surface area contributed by atoms with Crippen molar-refractivity contribution in [2.24, 2.45) is 5.92 Å². The van der Waals surface area contributed by atoms with Crippen LogP contribution in [0.1, 0.15) is 38.5 Å². The van der Waals surface area contributed by atoms with E-state index in [1.54, 1.807) is 0 Å². The van der Waals surface area contributed by atoms with Crippen molar-refractivity contribution in [3.8, 4) is 0 Å². The van der Waals surface area contributed by atoms with Crippen LogP contribution in [-0.4, -0.2) is 61.7 Å². The fraction of sp³-hybridized carbons (Fsp3) is 0.882. The molecule has 114 valence electrons. The van der Waals surface area contributed by atoms with Gasteiger partial charge in [0.1, 0.15) is 0 Å². The molecular formula is C17H31N3. The van der Waals surface area contributed by atoms with E-state index in [1.807, 2.05) is 0 Å². The Bertz CT molecular complexity index is 310. The van der Waals surface area contributed by atoms with Crippen LogP contribution in [0.2, 0.25) is 0 Å². The molecule has 0 aromatic rings. The molecule has 0 aromatic carbocycles. The van der Waals surface area contributed by atoms with Gasteiger partial charge in [0.05, 0.1) is 0 Å². The third kappa shape index (κ3) is 4.57. The summed E-state index contributed by atoms with van der Waals surface area (Å²) in [4.78, 5) is 5.29. The van der Waals surface area contributed by atoms with E-state index in [2.05, 4.69) is 21.7 Å². The van der Waals surface area contributed by atoms with Crippen LogP contribution in [0.15, 0.2) is 12.2 Å². The topological polar surface area (TPSA) is 18.5 Å². The number of hydrogen-bond donors (Lipinski definition) is 1. The molecule has 0 radical (unpaired) electrons. The molecule has 2 saturated heterocycles. The normalized spacial score (nSPS) is 26.2. The standard InChI is InChI=1S/C17H31N3/c1-15(12-18-17-4-5-17)13-20-10-6-16(7-11-20)14-19-8-2-3-9-19/h16-18H,1-14H2. The van der Waals surface area contributed by atoms with Gasteiger partial charge >= 0.3 is 0 Å². The number of nitrogens with zero attached hydrogens (tertiary/aromatic N) is 2. The molecule has 0 aromatic heterocycles. The predicted molar refractivity (Wildman–Crippen MR) is 85.0 cm³/mol. The van der Waals surface area contributed by atoms with E-state index in [4.69, 9.17) is 0 Å². The molecule has 0 atom stereocenters. The Kier molecular flexibility index (Phi) is 5.14. The van der Waals surface area contributed by atoms with Gasteiger partial charge in [-0.3, -0.25) is 4.90 Å². The van der Waals surface area contributed by atoms with Crippen molar-refractivity contribution in [1.29, 1.82) is 0 Å². The summed E-state index contributed by atoms with van der Waals surface area (Å²) in [6, 6.07) is 0.804. The predicted octanol–water partition coefficient (Wildman–Crippen LogP) is 2.10. The zero-order chi connectivity index (χ0) is 13.8. The van der Waals surface area contributed by atoms with Gasteiger partial charge < -0.3 is 10.2 Å². The molecule has 20 heavy (non-hydrogen) atoms. The van der Waals surface area contributed by atoms with Gasteiger partial charge in [0.15, 0.2) is 0 Å². The molecule has 3 fully saturated rings. The van der Waals surface area contributed by atoms with Crippen LogP contribution in [-0.2, 0) is 0 Å². The molecule has 2 heterocycles. The first-order valence-corrected chi connectivity index (χ1v) is 8.64. The van der Waals surface area contributed by atoms with E-state index in [0.717, 1.165) is 25.0 Å². The minimum Gasteiger partial charge on any atom is -0.310 e.